The highest BCUT2D eigenvalue weighted by atomic mass is 19.4. The molecule has 226 valence electrons. The molecule has 1 aliphatic carbocycles. The first kappa shape index (κ1) is 30.9. The van der Waals surface area contributed by atoms with Crippen molar-refractivity contribution in [2.45, 2.75) is 71.6 Å². The van der Waals surface area contributed by atoms with Gasteiger partial charge in [0.1, 0.15) is 12.4 Å². The normalized spacial score (nSPS) is 17.5. The highest BCUT2D eigenvalue weighted by Gasteiger charge is 2.40. The summed E-state index contributed by atoms with van der Waals surface area (Å²) in [5.41, 5.74) is 11.5. The zero-order valence-electron chi connectivity index (χ0n) is 23.1. The van der Waals surface area contributed by atoms with Crippen molar-refractivity contribution < 1.29 is 37.3 Å². The van der Waals surface area contributed by atoms with E-state index in [0.717, 1.165) is 41.3 Å². The Morgan fingerprint density at radius 2 is 1.86 bits per heavy atom. The molecule has 3 aliphatic rings. The van der Waals surface area contributed by atoms with Gasteiger partial charge in [-0.05, 0) is 48.9 Å². The van der Waals surface area contributed by atoms with E-state index in [2.05, 4.69) is 5.84 Å². The summed E-state index contributed by atoms with van der Waals surface area (Å²) < 4.78 is 56.0. The number of rotatable bonds is 2. The summed E-state index contributed by atoms with van der Waals surface area (Å²) in [5.74, 6) is 3.59. The zero-order valence-corrected chi connectivity index (χ0v) is 23.1. The third-order valence-electron chi connectivity index (χ3n) is 7.49. The van der Waals surface area contributed by atoms with Crippen LogP contribution in [-0.2, 0) is 35.5 Å². The van der Waals surface area contributed by atoms with E-state index in [1.54, 1.807) is 23.0 Å². The number of halogens is 4. The molecule has 2 aromatic heterocycles. The van der Waals surface area contributed by atoms with Gasteiger partial charge in [-0.25, -0.2) is 14.2 Å². The Balaban J connectivity index is 0.000000267. The van der Waals surface area contributed by atoms with Crippen molar-refractivity contribution in [1.29, 1.82) is 0 Å². The van der Waals surface area contributed by atoms with Crippen LogP contribution < -0.4 is 22.6 Å². The molecule has 1 aromatic carbocycles. The van der Waals surface area contributed by atoms with E-state index >= 15 is 0 Å². The number of hydrogen-bond acceptors (Lipinski definition) is 9. The highest BCUT2D eigenvalue weighted by molar-refractivity contribution is 5.92. The molecule has 0 fully saturated rings. The van der Waals surface area contributed by atoms with Crippen LogP contribution in [0.3, 0.4) is 0 Å². The minimum absolute atomic E-state index is 0.141. The van der Waals surface area contributed by atoms with Gasteiger partial charge >= 0.3 is 12.1 Å². The Kier molecular flexibility index (Phi) is 8.62. The van der Waals surface area contributed by atoms with Crippen LogP contribution in [0.15, 0.2) is 28.8 Å². The van der Waals surface area contributed by atoms with Crippen LogP contribution in [0.5, 0.6) is 0 Å². The molecule has 2 atom stereocenters. The number of aryl methyl sites for hydroxylation is 2. The smallest absolute Gasteiger partial charge is 0.420 e. The first-order valence-corrected chi connectivity index (χ1v) is 13.3. The van der Waals surface area contributed by atoms with Crippen molar-refractivity contribution in [1.82, 2.24) is 15.0 Å². The molecule has 3 aromatic rings. The summed E-state index contributed by atoms with van der Waals surface area (Å²) in [6, 6.07) is 3.13. The molecule has 4 heterocycles. The number of carbonyl (C=O) groups excluding carboxylic acids is 1. The van der Waals surface area contributed by atoms with E-state index in [1.807, 2.05) is 13.8 Å². The lowest BCUT2D eigenvalue weighted by molar-refractivity contribution is -0.192. The Morgan fingerprint density at radius 1 is 1.19 bits per heavy atom. The van der Waals surface area contributed by atoms with Gasteiger partial charge in [-0.2, -0.15) is 13.2 Å². The summed E-state index contributed by atoms with van der Waals surface area (Å²) in [5, 5.41) is 19.7. The minimum atomic E-state index is -4.75. The van der Waals surface area contributed by atoms with Crippen molar-refractivity contribution in [2.75, 3.05) is 0 Å². The van der Waals surface area contributed by atoms with E-state index in [4.69, 9.17) is 20.6 Å². The van der Waals surface area contributed by atoms with E-state index in [9.17, 15) is 32.3 Å². The second-order valence-corrected chi connectivity index (χ2v) is 9.70. The first-order valence-electron chi connectivity index (χ1n) is 13.3. The van der Waals surface area contributed by atoms with Crippen LogP contribution in [0.25, 0.3) is 22.3 Å². The summed E-state index contributed by atoms with van der Waals surface area (Å²) in [6.07, 6.45) is -5.74. The number of ether oxygens (including phenoxy) is 1. The molecule has 7 N–H and O–H groups in total. The Labute approximate surface area is 237 Å². The molecule has 0 radical (unpaired) electrons. The molecule has 2 aliphatic heterocycles. The number of nitrogens with zero attached hydrogens (tertiary/aromatic N) is 2. The number of nitrogens with one attached hydrogen (secondary N) is 1. The van der Waals surface area contributed by atoms with Crippen LogP contribution in [0.2, 0.25) is 0 Å². The predicted molar refractivity (Wildman–Crippen MR) is 145 cm³/mol. The molecular weight excluding hydrogens is 562 g/mol. The SMILES string of the molecule is CC.Cc1c(F)cc2nc3c(c4c2c1CCC4)Cn1c-3cc2c(c1=O)COC(=O)C2O.N/C=C(\NN)C(O)C(F)(F)F. The molecule has 0 saturated heterocycles. The van der Waals surface area contributed by atoms with Gasteiger partial charge in [0.2, 0.25) is 0 Å². The molecule has 2 unspecified atom stereocenters. The average molecular weight is 594 g/mol. The molecule has 0 saturated carbocycles. The van der Waals surface area contributed by atoms with E-state index in [-0.39, 0.29) is 23.5 Å². The molecule has 10 nitrogen and oxygen atoms in total. The topological polar surface area (TPSA) is 166 Å². The summed E-state index contributed by atoms with van der Waals surface area (Å²) >= 11 is 0. The number of benzene rings is 1. The van der Waals surface area contributed by atoms with Gasteiger partial charge in [0, 0.05) is 28.8 Å². The Hall–Kier alpha value is -4.01. The number of alkyl halides is 3. The van der Waals surface area contributed by atoms with Gasteiger partial charge in [-0.15, -0.1) is 0 Å². The van der Waals surface area contributed by atoms with Gasteiger partial charge in [0.25, 0.3) is 5.56 Å². The number of aromatic nitrogens is 2. The summed E-state index contributed by atoms with van der Waals surface area (Å²) in [7, 11) is 0. The van der Waals surface area contributed by atoms with Crippen LogP contribution in [-0.4, -0.2) is 38.0 Å². The molecule has 14 heteroatoms. The standard InChI is InChI=1S/C22H17FN2O4.C4H8F3N3O.C2H6/c1-9-10-3-2-4-11-13-7-25-17(19(13)24-16(18(10)11)6-15(9)23)5-12-14(21(25)27)8-29-22(28)20(12)26;5-4(6,7)3(11)2(1-8)10-9;1-2/h5-6,20,26H,2-4,7-8H2,1H3;1,3,10-11H,8-9H2;1-2H3/b;2-1-;. The lowest BCUT2D eigenvalue weighted by Gasteiger charge is -2.22. The molecule has 0 amide bonds. The zero-order chi connectivity index (χ0) is 31.1. The van der Waals surface area contributed by atoms with Crippen molar-refractivity contribution in [2.24, 2.45) is 11.6 Å². The molecule has 42 heavy (non-hydrogen) atoms. The lowest BCUT2D eigenvalue weighted by Crippen LogP contribution is -2.39. The Morgan fingerprint density at radius 3 is 2.45 bits per heavy atom. The molecule has 0 bridgehead atoms. The largest absolute Gasteiger partial charge is 0.458 e. The summed E-state index contributed by atoms with van der Waals surface area (Å²) in [4.78, 5) is 29.6. The van der Waals surface area contributed by atoms with Crippen molar-refractivity contribution in [3.8, 4) is 11.4 Å². The molecule has 0 spiro atoms. The number of cyclic esters (lactones) is 1. The van der Waals surface area contributed by atoms with Gasteiger partial charge in [0.05, 0.1) is 34.7 Å². The third-order valence-corrected chi connectivity index (χ3v) is 7.49. The molecule has 6 rings (SSSR count). The number of fused-ring (bicyclic) bond motifs is 5. The van der Waals surface area contributed by atoms with Gasteiger partial charge < -0.3 is 30.7 Å². The number of hydrazine groups is 1. The third kappa shape index (κ3) is 5.10. The quantitative estimate of drug-likeness (QED) is 0.102. The van der Waals surface area contributed by atoms with E-state index < -0.39 is 30.1 Å². The molecular formula is C28H31F4N5O5. The number of aliphatic hydroxyl groups excluding tert-OH is 2. The number of hydrogen-bond donors (Lipinski definition) is 5. The second kappa shape index (κ2) is 11.7. The average Bonchev–Trinajstić information content (AvgIpc) is 3.34. The maximum Gasteiger partial charge on any atom is 0.420 e. The predicted octanol–water partition coefficient (Wildman–Crippen LogP) is 2.65. The number of pyridine rings is 2. The second-order valence-electron chi connectivity index (χ2n) is 9.70. The van der Waals surface area contributed by atoms with Crippen molar-refractivity contribution >= 4 is 16.9 Å². The first-order chi connectivity index (χ1) is 19.9. The van der Waals surface area contributed by atoms with Crippen molar-refractivity contribution in [3.63, 3.8) is 0 Å². The maximum atomic E-state index is 14.5. The van der Waals surface area contributed by atoms with E-state index in [1.165, 1.54) is 6.07 Å². The maximum absolute atomic E-state index is 14.5. The van der Waals surface area contributed by atoms with Crippen LogP contribution in [0.1, 0.15) is 59.8 Å². The minimum Gasteiger partial charge on any atom is -0.458 e. The van der Waals surface area contributed by atoms with E-state index in [0.29, 0.717) is 40.8 Å². The van der Waals surface area contributed by atoms with Crippen LogP contribution in [0.4, 0.5) is 17.6 Å². The Bertz CT molecular complexity index is 1650. The van der Waals surface area contributed by atoms with Gasteiger partial charge in [-0.1, -0.05) is 13.8 Å². The fraction of sp³-hybridized carbons (Fsp3) is 0.393. The van der Waals surface area contributed by atoms with Crippen molar-refractivity contribution in [3.05, 3.63) is 73.6 Å². The monoisotopic (exact) mass is 593 g/mol. The number of nitrogens with two attached hydrogens (primary N) is 2. The summed E-state index contributed by atoms with van der Waals surface area (Å²) in [6.45, 7) is 6.05. The van der Waals surface area contributed by atoms with Gasteiger partial charge in [-0.3, -0.25) is 10.6 Å². The number of carbonyl (C=O) groups is 1. The lowest BCUT2D eigenvalue weighted by atomic mass is 9.85. The van der Waals surface area contributed by atoms with Crippen LogP contribution in [0, 0.1) is 12.7 Å². The van der Waals surface area contributed by atoms with Gasteiger partial charge in [0.15, 0.2) is 12.2 Å². The van der Waals surface area contributed by atoms with Crippen LogP contribution >= 0.6 is 0 Å². The highest BCUT2D eigenvalue weighted by Crippen LogP contribution is 2.42. The number of esters is 1. The fourth-order valence-corrected chi connectivity index (χ4v) is 5.46. The number of aliphatic hydroxyl groups is 2. The fourth-order valence-electron chi connectivity index (χ4n) is 5.46.